The van der Waals surface area contributed by atoms with Crippen molar-refractivity contribution in [3.63, 3.8) is 0 Å². The van der Waals surface area contributed by atoms with Crippen molar-refractivity contribution in [3.05, 3.63) is 41.7 Å². The molecule has 4 rings (SSSR count). The molecule has 0 spiro atoms. The highest BCUT2D eigenvalue weighted by molar-refractivity contribution is 5.76. The summed E-state index contributed by atoms with van der Waals surface area (Å²) in [5, 5.41) is 7.46. The standard InChI is InChI=1S/C18H24N6O/c1-3-16(25)24-10-15-9-23(8-14-5-4-6-19-7-14)11-18(15,12-24)17-20-13(2)21-22-17/h4-7,15H,3,8-12H2,1-2H3,(H,20,21,22)/t15-,18-/m1/s1. The maximum Gasteiger partial charge on any atom is 0.222 e. The first kappa shape index (κ1) is 16.2. The maximum absolute atomic E-state index is 12.3. The van der Waals surface area contributed by atoms with E-state index in [0.717, 1.165) is 37.8 Å². The van der Waals surface area contributed by atoms with Crippen LogP contribution in [-0.4, -0.2) is 62.1 Å². The minimum Gasteiger partial charge on any atom is -0.341 e. The lowest BCUT2D eigenvalue weighted by Crippen LogP contribution is -2.40. The van der Waals surface area contributed by atoms with Gasteiger partial charge in [-0.3, -0.25) is 19.8 Å². The zero-order valence-electron chi connectivity index (χ0n) is 14.8. The number of hydrogen-bond donors (Lipinski definition) is 1. The van der Waals surface area contributed by atoms with E-state index < -0.39 is 0 Å². The number of carbonyl (C=O) groups excluding carboxylic acids is 1. The van der Waals surface area contributed by atoms with E-state index in [1.165, 1.54) is 5.56 Å². The molecule has 7 nitrogen and oxygen atoms in total. The fourth-order valence-electron chi connectivity index (χ4n) is 4.34. The number of amides is 1. The summed E-state index contributed by atoms with van der Waals surface area (Å²) in [5.41, 5.74) is 1.04. The fraction of sp³-hybridized carbons (Fsp3) is 0.556. The molecule has 2 aromatic rings. The number of hydrogen-bond acceptors (Lipinski definition) is 5. The van der Waals surface area contributed by atoms with Gasteiger partial charge in [0.2, 0.25) is 5.91 Å². The van der Waals surface area contributed by atoms with Crippen LogP contribution in [0.15, 0.2) is 24.5 Å². The van der Waals surface area contributed by atoms with Crippen LogP contribution in [0.25, 0.3) is 0 Å². The molecule has 0 radical (unpaired) electrons. The molecule has 0 aliphatic carbocycles. The number of aromatic amines is 1. The fourth-order valence-corrected chi connectivity index (χ4v) is 4.34. The van der Waals surface area contributed by atoms with E-state index in [9.17, 15) is 4.79 Å². The summed E-state index contributed by atoms with van der Waals surface area (Å²) >= 11 is 0. The lowest BCUT2D eigenvalue weighted by atomic mass is 9.80. The van der Waals surface area contributed by atoms with Crippen LogP contribution < -0.4 is 0 Å². The molecule has 0 saturated carbocycles. The van der Waals surface area contributed by atoms with Gasteiger partial charge in [0.05, 0.1) is 5.41 Å². The Bertz CT molecular complexity index is 760. The molecule has 2 aliphatic rings. The third-order valence-corrected chi connectivity index (χ3v) is 5.51. The van der Waals surface area contributed by atoms with Crippen molar-refractivity contribution in [2.45, 2.75) is 32.2 Å². The second-order valence-corrected chi connectivity index (χ2v) is 7.26. The normalized spacial score (nSPS) is 26.2. The SMILES string of the molecule is CCC(=O)N1C[C@H]2CN(Cc3cccnc3)C[C@@]2(c2n[nH]c(C)n2)C1. The second-order valence-electron chi connectivity index (χ2n) is 7.26. The van der Waals surface area contributed by atoms with Gasteiger partial charge in [-0.2, -0.15) is 5.10 Å². The van der Waals surface area contributed by atoms with Crippen molar-refractivity contribution in [2.75, 3.05) is 26.2 Å². The van der Waals surface area contributed by atoms with Crippen LogP contribution in [0.4, 0.5) is 0 Å². The van der Waals surface area contributed by atoms with E-state index in [-0.39, 0.29) is 11.3 Å². The number of fused-ring (bicyclic) bond motifs is 1. The molecule has 0 unspecified atom stereocenters. The van der Waals surface area contributed by atoms with Crippen molar-refractivity contribution in [1.29, 1.82) is 0 Å². The first-order valence-corrected chi connectivity index (χ1v) is 8.89. The van der Waals surface area contributed by atoms with Crippen LogP contribution in [-0.2, 0) is 16.8 Å². The molecule has 0 bridgehead atoms. The van der Waals surface area contributed by atoms with Crippen molar-refractivity contribution >= 4 is 5.91 Å². The van der Waals surface area contributed by atoms with Crippen molar-refractivity contribution in [2.24, 2.45) is 5.92 Å². The summed E-state index contributed by atoms with van der Waals surface area (Å²) in [6.45, 7) is 8.06. The van der Waals surface area contributed by atoms with Crippen molar-refractivity contribution in [1.82, 2.24) is 30.0 Å². The monoisotopic (exact) mass is 340 g/mol. The van der Waals surface area contributed by atoms with Crippen LogP contribution >= 0.6 is 0 Å². The quantitative estimate of drug-likeness (QED) is 0.903. The number of likely N-dealkylation sites (tertiary alicyclic amines) is 2. The van der Waals surface area contributed by atoms with Crippen LogP contribution in [0.3, 0.4) is 0 Å². The van der Waals surface area contributed by atoms with E-state index >= 15 is 0 Å². The summed E-state index contributed by atoms with van der Waals surface area (Å²) < 4.78 is 0. The number of rotatable bonds is 4. The molecule has 2 atom stereocenters. The van der Waals surface area contributed by atoms with Crippen LogP contribution in [0.1, 0.15) is 30.6 Å². The molecule has 132 valence electrons. The number of aryl methyl sites for hydroxylation is 1. The summed E-state index contributed by atoms with van der Waals surface area (Å²) in [4.78, 5) is 25.6. The summed E-state index contributed by atoms with van der Waals surface area (Å²) in [5.74, 6) is 2.28. The van der Waals surface area contributed by atoms with Gasteiger partial charge in [-0.15, -0.1) is 0 Å². The molecule has 2 aromatic heterocycles. The molecule has 2 saturated heterocycles. The smallest absolute Gasteiger partial charge is 0.222 e. The zero-order chi connectivity index (χ0) is 17.4. The van der Waals surface area contributed by atoms with Crippen molar-refractivity contribution in [3.8, 4) is 0 Å². The maximum atomic E-state index is 12.3. The Morgan fingerprint density at radius 3 is 2.96 bits per heavy atom. The van der Waals surface area contributed by atoms with Crippen LogP contribution in [0, 0.1) is 12.8 Å². The topological polar surface area (TPSA) is 78.0 Å². The largest absolute Gasteiger partial charge is 0.341 e. The summed E-state index contributed by atoms with van der Waals surface area (Å²) in [7, 11) is 0. The summed E-state index contributed by atoms with van der Waals surface area (Å²) in [6.07, 6.45) is 4.27. The Kier molecular flexibility index (Phi) is 4.03. The van der Waals surface area contributed by atoms with E-state index in [1.807, 2.05) is 31.0 Å². The van der Waals surface area contributed by atoms with Gasteiger partial charge >= 0.3 is 0 Å². The predicted octanol–water partition coefficient (Wildman–Crippen LogP) is 1.13. The Balaban J connectivity index is 1.60. The average molecular weight is 340 g/mol. The number of nitrogens with one attached hydrogen (secondary N) is 1. The molecular formula is C18H24N6O. The zero-order valence-corrected chi connectivity index (χ0v) is 14.8. The summed E-state index contributed by atoms with van der Waals surface area (Å²) in [6, 6.07) is 4.08. The van der Waals surface area contributed by atoms with E-state index in [2.05, 4.69) is 31.1 Å². The first-order valence-electron chi connectivity index (χ1n) is 8.89. The molecule has 4 heterocycles. The molecule has 1 amide bonds. The highest BCUT2D eigenvalue weighted by atomic mass is 16.2. The number of nitrogens with zero attached hydrogens (tertiary/aromatic N) is 5. The van der Waals surface area contributed by atoms with Gasteiger partial charge in [-0.05, 0) is 18.6 Å². The molecule has 2 aliphatic heterocycles. The van der Waals surface area contributed by atoms with Gasteiger partial charge in [0.15, 0.2) is 5.82 Å². The lowest BCUT2D eigenvalue weighted by molar-refractivity contribution is -0.130. The Labute approximate surface area is 147 Å². The number of H-pyrrole nitrogens is 1. The van der Waals surface area contributed by atoms with Crippen LogP contribution in [0.5, 0.6) is 0 Å². The van der Waals surface area contributed by atoms with Gasteiger partial charge in [-0.1, -0.05) is 13.0 Å². The lowest BCUT2D eigenvalue weighted by Gasteiger charge is -2.26. The Hall–Kier alpha value is -2.28. The molecule has 0 aromatic carbocycles. The first-order chi connectivity index (χ1) is 12.1. The third kappa shape index (κ3) is 2.82. The van der Waals surface area contributed by atoms with Crippen LogP contribution in [0.2, 0.25) is 0 Å². The van der Waals surface area contributed by atoms with Gasteiger partial charge in [0.1, 0.15) is 5.82 Å². The predicted molar refractivity (Wildman–Crippen MR) is 92.7 cm³/mol. The minimum absolute atomic E-state index is 0.169. The van der Waals surface area contributed by atoms with E-state index in [0.29, 0.717) is 18.9 Å². The minimum atomic E-state index is -0.169. The molecular weight excluding hydrogens is 316 g/mol. The average Bonchev–Trinajstić information content (AvgIpc) is 3.27. The van der Waals surface area contributed by atoms with Gasteiger partial charge in [0.25, 0.3) is 0 Å². The van der Waals surface area contributed by atoms with E-state index in [4.69, 9.17) is 0 Å². The number of aromatic nitrogens is 4. The molecule has 1 N–H and O–H groups in total. The van der Waals surface area contributed by atoms with E-state index in [1.54, 1.807) is 6.20 Å². The van der Waals surface area contributed by atoms with Crippen molar-refractivity contribution < 1.29 is 4.79 Å². The Morgan fingerprint density at radius 1 is 1.40 bits per heavy atom. The Morgan fingerprint density at radius 2 is 2.28 bits per heavy atom. The number of pyridine rings is 1. The second kappa shape index (κ2) is 6.22. The highest BCUT2D eigenvalue weighted by Gasteiger charge is 2.56. The third-order valence-electron chi connectivity index (χ3n) is 5.51. The van der Waals surface area contributed by atoms with Gasteiger partial charge in [-0.25, -0.2) is 4.98 Å². The number of carbonyl (C=O) groups is 1. The highest BCUT2D eigenvalue weighted by Crippen LogP contribution is 2.44. The molecule has 7 heteroatoms. The molecule has 25 heavy (non-hydrogen) atoms. The molecule has 2 fully saturated rings. The van der Waals surface area contributed by atoms with Gasteiger partial charge < -0.3 is 4.90 Å². The van der Waals surface area contributed by atoms with Gasteiger partial charge in [0, 0.05) is 57.5 Å².